The number of hydrogen-bond acceptors (Lipinski definition) is 5. The maximum atomic E-state index is 6.06. The molecule has 0 atom stereocenters. The van der Waals surface area contributed by atoms with Crippen LogP contribution in [0.5, 0.6) is 11.5 Å². The second-order valence-electron chi connectivity index (χ2n) is 6.04. The molecule has 1 heterocycles. The Morgan fingerprint density at radius 3 is 2.14 bits per heavy atom. The predicted octanol–water partition coefficient (Wildman–Crippen LogP) is 0.793. The summed E-state index contributed by atoms with van der Waals surface area (Å²) >= 11 is 0. The molecule has 2 rings (SSSR count). The molecule has 5 nitrogen and oxygen atoms in total. The zero-order valence-corrected chi connectivity index (χ0v) is 13.6. The monoisotopic (exact) mass is 308 g/mol. The van der Waals surface area contributed by atoms with Gasteiger partial charge in [-0.25, -0.2) is 0 Å². The van der Waals surface area contributed by atoms with E-state index in [9.17, 15) is 0 Å². The highest BCUT2D eigenvalue weighted by atomic mass is 16.7. The standard InChI is InChI=1S/C15H23BO5.BH3/c1-14(2)15(3,4)21-16(20-14)12-8-7-11(18-6)9-13(12)19-10-17-5;/h7-9H,10H2,1-6H3;1H3. The molecular formula is C15H26B2O5. The highest BCUT2D eigenvalue weighted by molar-refractivity contribution is 6.63. The minimum absolute atomic E-state index is 0. The second kappa shape index (κ2) is 6.94. The van der Waals surface area contributed by atoms with Gasteiger partial charge in [-0.1, -0.05) is 6.07 Å². The lowest BCUT2D eigenvalue weighted by Gasteiger charge is -2.32. The van der Waals surface area contributed by atoms with Gasteiger partial charge in [0.15, 0.2) is 6.79 Å². The van der Waals surface area contributed by atoms with E-state index in [1.54, 1.807) is 20.3 Å². The lowest BCUT2D eigenvalue weighted by atomic mass is 9.78. The van der Waals surface area contributed by atoms with Gasteiger partial charge in [0.05, 0.1) is 26.7 Å². The molecule has 0 bridgehead atoms. The minimum atomic E-state index is -0.479. The number of hydrogen-bond donors (Lipinski definition) is 0. The van der Waals surface area contributed by atoms with Crippen LogP contribution in [0.4, 0.5) is 0 Å². The number of ether oxygens (including phenoxy) is 3. The fourth-order valence-electron chi connectivity index (χ4n) is 2.05. The van der Waals surface area contributed by atoms with Crippen molar-refractivity contribution >= 4 is 21.0 Å². The lowest BCUT2D eigenvalue weighted by Crippen LogP contribution is -2.41. The highest BCUT2D eigenvalue weighted by Gasteiger charge is 2.52. The van der Waals surface area contributed by atoms with Crippen LogP contribution < -0.4 is 14.9 Å². The molecule has 0 radical (unpaired) electrons. The Morgan fingerprint density at radius 1 is 1.05 bits per heavy atom. The van der Waals surface area contributed by atoms with Crippen molar-refractivity contribution in [1.82, 2.24) is 0 Å². The fourth-order valence-corrected chi connectivity index (χ4v) is 2.05. The maximum absolute atomic E-state index is 6.06. The molecule has 122 valence electrons. The van der Waals surface area contributed by atoms with Crippen LogP contribution in [0.3, 0.4) is 0 Å². The molecule has 0 spiro atoms. The molecule has 7 heteroatoms. The summed E-state index contributed by atoms with van der Waals surface area (Å²) in [4.78, 5) is 0. The Balaban J connectivity index is 0.00000242. The van der Waals surface area contributed by atoms with Crippen molar-refractivity contribution in [2.45, 2.75) is 38.9 Å². The first-order valence-corrected chi connectivity index (χ1v) is 6.96. The van der Waals surface area contributed by atoms with Crippen molar-refractivity contribution in [1.29, 1.82) is 0 Å². The third kappa shape index (κ3) is 3.59. The van der Waals surface area contributed by atoms with Crippen LogP contribution in [0.25, 0.3) is 0 Å². The molecule has 0 aliphatic carbocycles. The summed E-state index contributed by atoms with van der Waals surface area (Å²) in [6.45, 7) is 8.23. The van der Waals surface area contributed by atoms with Crippen molar-refractivity contribution in [2.75, 3.05) is 21.0 Å². The molecule has 1 aromatic carbocycles. The Labute approximate surface area is 134 Å². The van der Waals surface area contributed by atoms with Crippen LogP contribution >= 0.6 is 0 Å². The predicted molar refractivity (Wildman–Crippen MR) is 91.2 cm³/mol. The highest BCUT2D eigenvalue weighted by Crippen LogP contribution is 2.37. The zero-order valence-electron chi connectivity index (χ0n) is 13.6. The Morgan fingerprint density at radius 2 is 1.64 bits per heavy atom. The second-order valence-corrected chi connectivity index (χ2v) is 6.04. The Hall–Kier alpha value is -1.17. The molecule has 1 saturated heterocycles. The molecule has 0 unspecified atom stereocenters. The number of rotatable bonds is 5. The minimum Gasteiger partial charge on any atom is -0.497 e. The third-order valence-electron chi connectivity index (χ3n) is 4.06. The quantitative estimate of drug-likeness (QED) is 0.595. The molecular weight excluding hydrogens is 282 g/mol. The van der Waals surface area contributed by atoms with Gasteiger partial charge in [-0.2, -0.15) is 0 Å². The van der Waals surface area contributed by atoms with Crippen LogP contribution in [-0.4, -0.2) is 47.7 Å². The van der Waals surface area contributed by atoms with Gasteiger partial charge in [-0.15, -0.1) is 0 Å². The van der Waals surface area contributed by atoms with Crippen LogP contribution in [0.2, 0.25) is 0 Å². The van der Waals surface area contributed by atoms with E-state index in [1.807, 2.05) is 39.8 Å². The molecule has 0 amide bonds. The average molecular weight is 308 g/mol. The summed E-state index contributed by atoms with van der Waals surface area (Å²) < 4.78 is 27.9. The van der Waals surface area contributed by atoms with Gasteiger partial charge < -0.3 is 23.5 Å². The third-order valence-corrected chi connectivity index (χ3v) is 4.06. The largest absolute Gasteiger partial charge is 0.498 e. The van der Waals surface area contributed by atoms with E-state index in [-0.39, 0.29) is 15.2 Å². The summed E-state index contributed by atoms with van der Waals surface area (Å²) in [5, 5.41) is 0. The van der Waals surface area contributed by atoms with Gasteiger partial charge >= 0.3 is 7.12 Å². The topological polar surface area (TPSA) is 46.2 Å². The summed E-state index contributed by atoms with van der Waals surface area (Å²) in [6.07, 6.45) is 0. The first-order chi connectivity index (χ1) is 9.80. The van der Waals surface area contributed by atoms with E-state index in [0.29, 0.717) is 11.5 Å². The summed E-state index contributed by atoms with van der Waals surface area (Å²) in [5.41, 5.74) is 0.0400. The van der Waals surface area contributed by atoms with Gasteiger partial charge in [0.1, 0.15) is 11.5 Å². The van der Waals surface area contributed by atoms with E-state index >= 15 is 0 Å². The van der Waals surface area contributed by atoms with Crippen LogP contribution in [-0.2, 0) is 14.0 Å². The van der Waals surface area contributed by atoms with Crippen molar-refractivity contribution in [3.63, 3.8) is 0 Å². The van der Waals surface area contributed by atoms with E-state index in [1.165, 1.54) is 0 Å². The van der Waals surface area contributed by atoms with Gasteiger partial charge in [0, 0.05) is 18.6 Å². The molecule has 1 aromatic rings. The normalized spacial score (nSPS) is 18.7. The maximum Gasteiger partial charge on any atom is 0.498 e. The van der Waals surface area contributed by atoms with Crippen molar-refractivity contribution in [2.24, 2.45) is 0 Å². The van der Waals surface area contributed by atoms with Crippen LogP contribution in [0, 0.1) is 0 Å². The van der Waals surface area contributed by atoms with Crippen molar-refractivity contribution in [3.05, 3.63) is 18.2 Å². The molecule has 0 N–H and O–H groups in total. The summed E-state index contributed by atoms with van der Waals surface area (Å²) in [7, 11) is 2.71. The molecule has 0 aromatic heterocycles. The molecule has 1 aliphatic rings. The molecule has 1 aliphatic heterocycles. The number of methoxy groups -OCH3 is 2. The molecule has 22 heavy (non-hydrogen) atoms. The van der Waals surface area contributed by atoms with Gasteiger partial charge in [0.25, 0.3) is 0 Å². The van der Waals surface area contributed by atoms with Crippen LogP contribution in [0.1, 0.15) is 27.7 Å². The van der Waals surface area contributed by atoms with E-state index < -0.39 is 18.3 Å². The molecule has 0 saturated carbocycles. The Kier molecular flexibility index (Phi) is 5.95. The summed E-state index contributed by atoms with van der Waals surface area (Å²) in [6, 6.07) is 5.56. The van der Waals surface area contributed by atoms with Crippen molar-refractivity contribution in [3.8, 4) is 11.5 Å². The Bertz CT molecular complexity index is 489. The van der Waals surface area contributed by atoms with E-state index in [4.69, 9.17) is 23.5 Å². The smallest absolute Gasteiger partial charge is 0.497 e. The molecule has 1 fully saturated rings. The number of benzene rings is 1. The zero-order chi connectivity index (χ0) is 15.7. The van der Waals surface area contributed by atoms with Crippen molar-refractivity contribution < 1.29 is 23.5 Å². The van der Waals surface area contributed by atoms with E-state index in [2.05, 4.69) is 0 Å². The fraction of sp³-hybridized carbons (Fsp3) is 0.600. The van der Waals surface area contributed by atoms with E-state index in [0.717, 1.165) is 5.46 Å². The summed E-state index contributed by atoms with van der Waals surface area (Å²) in [5.74, 6) is 1.34. The van der Waals surface area contributed by atoms with Gasteiger partial charge in [-0.3, -0.25) is 0 Å². The first-order valence-electron chi connectivity index (χ1n) is 6.96. The average Bonchev–Trinajstić information content (AvgIpc) is 2.64. The SMILES string of the molecule is B.COCOc1cc(OC)ccc1B1OC(C)(C)C(C)(C)O1. The van der Waals surface area contributed by atoms with Gasteiger partial charge in [0.2, 0.25) is 0 Å². The first kappa shape index (κ1) is 18.9. The van der Waals surface area contributed by atoms with Gasteiger partial charge in [-0.05, 0) is 33.8 Å². The van der Waals surface area contributed by atoms with Crippen LogP contribution in [0.15, 0.2) is 18.2 Å². The lowest BCUT2D eigenvalue weighted by molar-refractivity contribution is 0.00578.